The Kier molecular flexibility index (Phi) is 14.3. The summed E-state index contributed by atoms with van der Waals surface area (Å²) >= 11 is 0. The van der Waals surface area contributed by atoms with E-state index >= 15 is 0 Å². The molecule has 154 valence electrons. The molecular formula is C24H49N2+. The van der Waals surface area contributed by atoms with Gasteiger partial charge < -0.3 is 0 Å². The van der Waals surface area contributed by atoms with E-state index < -0.39 is 0 Å². The molecule has 2 nitrogen and oxygen atoms in total. The van der Waals surface area contributed by atoms with Crippen molar-refractivity contribution in [1.82, 2.24) is 0 Å². The van der Waals surface area contributed by atoms with E-state index in [1.54, 1.807) is 0 Å². The van der Waals surface area contributed by atoms with Crippen LogP contribution in [0.3, 0.4) is 0 Å². The van der Waals surface area contributed by atoms with E-state index in [2.05, 4.69) is 20.8 Å². The van der Waals surface area contributed by atoms with Gasteiger partial charge in [0.1, 0.15) is 6.54 Å². The van der Waals surface area contributed by atoms with Gasteiger partial charge in [-0.2, -0.15) is 0 Å². The molecule has 0 aromatic carbocycles. The molecule has 0 saturated carbocycles. The van der Waals surface area contributed by atoms with E-state index in [0.29, 0.717) is 0 Å². The minimum absolute atomic E-state index is 1.07. The summed E-state index contributed by atoms with van der Waals surface area (Å²) in [5.41, 5.74) is 0. The summed E-state index contributed by atoms with van der Waals surface area (Å²) in [7, 11) is 0. The molecule has 1 aliphatic heterocycles. The van der Waals surface area contributed by atoms with Gasteiger partial charge in [0.25, 0.3) is 0 Å². The number of rotatable bonds is 18. The Labute approximate surface area is 165 Å². The maximum Gasteiger partial charge on any atom is 0.198 e. The molecule has 1 rings (SSSR count). The number of nitrogens with zero attached hydrogens (tertiary/aromatic N) is 2. The van der Waals surface area contributed by atoms with Crippen LogP contribution in [0.1, 0.15) is 124 Å². The third-order valence-corrected chi connectivity index (χ3v) is 6.48. The van der Waals surface area contributed by atoms with E-state index in [4.69, 9.17) is 4.99 Å². The number of unbranched alkanes of at least 4 members (excludes halogenated alkanes) is 14. The van der Waals surface area contributed by atoms with Crippen LogP contribution in [-0.2, 0) is 0 Å². The molecule has 26 heavy (non-hydrogen) atoms. The van der Waals surface area contributed by atoms with E-state index in [9.17, 15) is 0 Å². The van der Waals surface area contributed by atoms with Gasteiger partial charge in [-0.05, 0) is 19.8 Å². The van der Waals surface area contributed by atoms with Crippen LogP contribution in [0.5, 0.6) is 0 Å². The topological polar surface area (TPSA) is 12.4 Å². The van der Waals surface area contributed by atoms with Gasteiger partial charge in [0.15, 0.2) is 5.84 Å². The third-order valence-electron chi connectivity index (χ3n) is 6.48. The molecule has 0 radical (unpaired) electrons. The number of hydrogen-bond acceptors (Lipinski definition) is 1. The highest BCUT2D eigenvalue weighted by molar-refractivity contribution is 5.76. The van der Waals surface area contributed by atoms with Gasteiger partial charge in [-0.1, -0.05) is 97.3 Å². The average molecular weight is 366 g/mol. The fourth-order valence-electron chi connectivity index (χ4n) is 4.62. The molecule has 1 aliphatic rings. The summed E-state index contributed by atoms with van der Waals surface area (Å²) in [4.78, 5) is 4.76. The molecule has 2 heteroatoms. The fraction of sp³-hybridized carbons (Fsp3) is 0.958. The molecule has 0 aliphatic carbocycles. The molecule has 1 heterocycles. The van der Waals surface area contributed by atoms with Gasteiger partial charge in [0.2, 0.25) is 0 Å². The van der Waals surface area contributed by atoms with Crippen LogP contribution in [-0.4, -0.2) is 36.5 Å². The predicted molar refractivity (Wildman–Crippen MR) is 118 cm³/mol. The summed E-state index contributed by atoms with van der Waals surface area (Å²) in [5, 5.41) is 0. The molecule has 0 N–H and O–H groups in total. The van der Waals surface area contributed by atoms with Crippen molar-refractivity contribution in [2.45, 2.75) is 124 Å². The molecule has 0 aromatic heterocycles. The van der Waals surface area contributed by atoms with Gasteiger partial charge in [-0.25, -0.2) is 4.99 Å². The normalized spacial score (nSPS) is 19.9. The number of hydrogen-bond donors (Lipinski definition) is 0. The van der Waals surface area contributed by atoms with Crippen molar-refractivity contribution >= 4 is 5.84 Å². The number of quaternary nitrogens is 1. The Morgan fingerprint density at radius 1 is 0.654 bits per heavy atom. The lowest BCUT2D eigenvalue weighted by Crippen LogP contribution is -2.51. The van der Waals surface area contributed by atoms with Crippen molar-refractivity contribution in [2.24, 2.45) is 4.99 Å². The smallest absolute Gasteiger partial charge is 0.198 e. The van der Waals surface area contributed by atoms with E-state index in [1.165, 1.54) is 126 Å². The van der Waals surface area contributed by atoms with E-state index in [-0.39, 0.29) is 0 Å². The lowest BCUT2D eigenvalue weighted by atomic mass is 10.0. The van der Waals surface area contributed by atoms with Crippen LogP contribution in [0.4, 0.5) is 0 Å². The van der Waals surface area contributed by atoms with Crippen molar-refractivity contribution < 1.29 is 4.48 Å². The second-order valence-corrected chi connectivity index (χ2v) is 8.51. The zero-order chi connectivity index (χ0) is 18.9. The van der Waals surface area contributed by atoms with Crippen LogP contribution in [0.15, 0.2) is 4.99 Å². The first kappa shape index (κ1) is 23.7. The van der Waals surface area contributed by atoms with Gasteiger partial charge in [-0.15, -0.1) is 0 Å². The van der Waals surface area contributed by atoms with Crippen molar-refractivity contribution in [3.63, 3.8) is 0 Å². The molecule has 0 bridgehead atoms. The van der Waals surface area contributed by atoms with Crippen molar-refractivity contribution in [3.8, 4) is 0 Å². The summed E-state index contributed by atoms with van der Waals surface area (Å²) in [6.45, 7) is 11.8. The minimum Gasteiger partial charge on any atom is -0.277 e. The minimum atomic E-state index is 1.07. The predicted octanol–water partition coefficient (Wildman–Crippen LogP) is 7.52. The van der Waals surface area contributed by atoms with Crippen LogP contribution in [0, 0.1) is 0 Å². The molecule has 0 spiro atoms. The van der Waals surface area contributed by atoms with Crippen LogP contribution < -0.4 is 0 Å². The molecule has 1 unspecified atom stereocenters. The monoisotopic (exact) mass is 365 g/mol. The standard InChI is InChI=1S/C24H49N2/c1-4-7-8-9-10-11-12-13-14-15-16-17-18-19-20-22-26(6-3)23-21-25-24(26)5-2/h4-23H2,1-3H3/q+1. The first-order valence-electron chi connectivity index (χ1n) is 12.2. The van der Waals surface area contributed by atoms with Gasteiger partial charge in [0, 0.05) is 6.42 Å². The maximum absolute atomic E-state index is 4.76. The van der Waals surface area contributed by atoms with Crippen molar-refractivity contribution in [2.75, 3.05) is 26.2 Å². The third kappa shape index (κ3) is 9.53. The Balaban J connectivity index is 1.86. The first-order chi connectivity index (χ1) is 12.8. The number of aliphatic imine (C=N–C) groups is 1. The zero-order valence-corrected chi connectivity index (χ0v) is 18.5. The quantitative estimate of drug-likeness (QED) is 0.176. The molecule has 1 atom stereocenters. The van der Waals surface area contributed by atoms with Crippen molar-refractivity contribution in [3.05, 3.63) is 0 Å². The Bertz CT molecular complexity index is 350. The first-order valence-corrected chi connectivity index (χ1v) is 12.2. The van der Waals surface area contributed by atoms with E-state index in [0.717, 1.165) is 13.0 Å². The summed E-state index contributed by atoms with van der Waals surface area (Å²) in [6, 6.07) is 0. The van der Waals surface area contributed by atoms with Crippen molar-refractivity contribution in [1.29, 1.82) is 0 Å². The zero-order valence-electron chi connectivity index (χ0n) is 18.5. The Hall–Kier alpha value is -0.370. The van der Waals surface area contributed by atoms with Gasteiger partial charge in [-0.3, -0.25) is 4.48 Å². The fourth-order valence-corrected chi connectivity index (χ4v) is 4.62. The Morgan fingerprint density at radius 2 is 1.12 bits per heavy atom. The highest BCUT2D eigenvalue weighted by Crippen LogP contribution is 2.20. The Morgan fingerprint density at radius 3 is 1.54 bits per heavy atom. The lowest BCUT2D eigenvalue weighted by Gasteiger charge is -2.33. The van der Waals surface area contributed by atoms with Gasteiger partial charge in [0.05, 0.1) is 19.6 Å². The second kappa shape index (κ2) is 15.7. The molecule has 0 saturated heterocycles. The summed E-state index contributed by atoms with van der Waals surface area (Å²) in [6.07, 6.45) is 22.9. The lowest BCUT2D eigenvalue weighted by molar-refractivity contribution is -0.834. The molecule has 0 fully saturated rings. The summed E-state index contributed by atoms with van der Waals surface area (Å²) in [5.74, 6) is 1.47. The van der Waals surface area contributed by atoms with Crippen LogP contribution in [0.2, 0.25) is 0 Å². The molecular weight excluding hydrogens is 316 g/mol. The SMILES string of the molecule is CCCCCCCCCCCCCCCCC[N+]1(CC)CCN=C1CC. The average Bonchev–Trinajstić information content (AvgIpc) is 3.08. The van der Waals surface area contributed by atoms with Gasteiger partial charge >= 0.3 is 0 Å². The molecule has 0 aromatic rings. The second-order valence-electron chi connectivity index (χ2n) is 8.51. The van der Waals surface area contributed by atoms with E-state index in [1.807, 2.05) is 0 Å². The number of likely N-dealkylation sites (N-methyl/N-ethyl adjacent to an activating group) is 1. The molecule has 0 amide bonds. The largest absolute Gasteiger partial charge is 0.277 e. The number of amidine groups is 1. The summed E-state index contributed by atoms with van der Waals surface area (Å²) < 4.78 is 1.20. The maximum atomic E-state index is 4.76. The van der Waals surface area contributed by atoms with Crippen LogP contribution >= 0.6 is 0 Å². The highest BCUT2D eigenvalue weighted by Gasteiger charge is 2.34. The van der Waals surface area contributed by atoms with Crippen LogP contribution in [0.25, 0.3) is 0 Å². The highest BCUT2D eigenvalue weighted by atomic mass is 15.4.